The zero-order chi connectivity index (χ0) is 13.7. The predicted molar refractivity (Wildman–Crippen MR) is 79.7 cm³/mol. The van der Waals surface area contributed by atoms with Crippen LogP contribution >= 0.6 is 27.3 Å². The molecule has 1 heterocycles. The first kappa shape index (κ1) is 14.0. The molecule has 100 valence electrons. The second kappa shape index (κ2) is 6.68. The van der Waals surface area contributed by atoms with Crippen LogP contribution in [0.4, 0.5) is 5.13 Å². The van der Waals surface area contributed by atoms with E-state index < -0.39 is 0 Å². The summed E-state index contributed by atoms with van der Waals surface area (Å²) in [5, 5.41) is 5.27. The number of amides is 1. The van der Waals surface area contributed by atoms with E-state index in [2.05, 4.69) is 26.2 Å². The minimum Gasteiger partial charge on any atom is -0.493 e. The van der Waals surface area contributed by atoms with Gasteiger partial charge in [0, 0.05) is 9.85 Å². The molecule has 0 saturated carbocycles. The summed E-state index contributed by atoms with van der Waals surface area (Å²) in [7, 11) is 0. The number of aromatic nitrogens is 1. The molecule has 1 N–H and O–H groups in total. The van der Waals surface area contributed by atoms with Gasteiger partial charge in [-0.2, -0.15) is 0 Å². The number of nitrogens with zero attached hydrogens (tertiary/aromatic N) is 1. The zero-order valence-electron chi connectivity index (χ0n) is 10.4. The minimum absolute atomic E-state index is 0.0932. The van der Waals surface area contributed by atoms with Crippen molar-refractivity contribution in [1.82, 2.24) is 4.98 Å². The van der Waals surface area contributed by atoms with Crippen molar-refractivity contribution in [3.05, 3.63) is 39.8 Å². The number of carbonyl (C=O) groups is 1. The van der Waals surface area contributed by atoms with E-state index in [1.54, 1.807) is 0 Å². The van der Waals surface area contributed by atoms with Gasteiger partial charge in [0.2, 0.25) is 5.91 Å². The highest BCUT2D eigenvalue weighted by Gasteiger charge is 2.05. The number of benzene rings is 1. The Hall–Kier alpha value is -1.40. The van der Waals surface area contributed by atoms with Crippen LogP contribution in [-0.2, 0) is 4.79 Å². The number of halogens is 1. The summed E-state index contributed by atoms with van der Waals surface area (Å²) in [6.07, 6.45) is 0.297. The minimum atomic E-state index is -0.0932. The summed E-state index contributed by atoms with van der Waals surface area (Å²) in [5.74, 6) is 0.650. The molecule has 1 aromatic carbocycles. The second-order valence-corrected chi connectivity index (χ2v) is 5.67. The van der Waals surface area contributed by atoms with Crippen LogP contribution in [0.15, 0.2) is 34.1 Å². The summed E-state index contributed by atoms with van der Waals surface area (Å²) in [4.78, 5) is 15.8. The van der Waals surface area contributed by atoms with Crippen LogP contribution < -0.4 is 10.1 Å². The first-order chi connectivity index (χ1) is 9.13. The molecule has 1 aromatic heterocycles. The average molecular weight is 341 g/mol. The van der Waals surface area contributed by atoms with Crippen LogP contribution in [-0.4, -0.2) is 17.5 Å². The maximum absolute atomic E-state index is 11.6. The summed E-state index contributed by atoms with van der Waals surface area (Å²) in [6, 6.07) is 7.52. The Labute approximate surface area is 124 Å². The number of rotatable bonds is 5. The Balaban J connectivity index is 1.75. The molecule has 4 nitrogen and oxygen atoms in total. The molecular weight excluding hydrogens is 328 g/mol. The van der Waals surface area contributed by atoms with Crippen molar-refractivity contribution in [2.24, 2.45) is 0 Å². The molecule has 0 aliphatic heterocycles. The highest BCUT2D eigenvalue weighted by Crippen LogP contribution is 2.18. The van der Waals surface area contributed by atoms with Gasteiger partial charge in [0.15, 0.2) is 5.13 Å². The Morgan fingerprint density at radius 2 is 2.37 bits per heavy atom. The van der Waals surface area contributed by atoms with E-state index in [1.165, 1.54) is 11.3 Å². The van der Waals surface area contributed by atoms with Crippen molar-refractivity contribution >= 4 is 38.3 Å². The maximum Gasteiger partial charge on any atom is 0.229 e. The van der Waals surface area contributed by atoms with Gasteiger partial charge in [-0.15, -0.1) is 11.3 Å². The molecule has 0 spiro atoms. The number of anilines is 1. The van der Waals surface area contributed by atoms with Crippen LogP contribution in [0.25, 0.3) is 0 Å². The van der Waals surface area contributed by atoms with Gasteiger partial charge < -0.3 is 10.1 Å². The van der Waals surface area contributed by atoms with Crippen molar-refractivity contribution in [3.8, 4) is 5.75 Å². The SMILES string of the molecule is Cc1csc(NC(=O)CCOc2cccc(Br)c2)n1. The highest BCUT2D eigenvalue weighted by atomic mass is 79.9. The number of carbonyl (C=O) groups excluding carboxylic acids is 1. The molecule has 0 radical (unpaired) electrons. The fourth-order valence-electron chi connectivity index (χ4n) is 1.41. The predicted octanol–water partition coefficient (Wildman–Crippen LogP) is 3.62. The third-order valence-electron chi connectivity index (χ3n) is 2.26. The third-order valence-corrected chi connectivity index (χ3v) is 3.63. The summed E-state index contributed by atoms with van der Waals surface area (Å²) < 4.78 is 6.44. The molecule has 0 saturated heterocycles. The fourth-order valence-corrected chi connectivity index (χ4v) is 2.49. The smallest absolute Gasteiger partial charge is 0.229 e. The Bertz CT molecular complexity index is 571. The molecule has 0 aliphatic carbocycles. The molecular formula is C13H13BrN2O2S. The Morgan fingerprint density at radius 1 is 1.53 bits per heavy atom. The molecule has 2 rings (SSSR count). The van der Waals surface area contributed by atoms with Gasteiger partial charge in [0.1, 0.15) is 5.75 Å². The van der Waals surface area contributed by atoms with Crippen LogP contribution in [0.1, 0.15) is 12.1 Å². The Kier molecular flexibility index (Phi) is 4.93. The van der Waals surface area contributed by atoms with Crippen molar-refractivity contribution in [2.45, 2.75) is 13.3 Å². The average Bonchev–Trinajstić information content (AvgIpc) is 2.75. The van der Waals surface area contributed by atoms with Crippen molar-refractivity contribution in [3.63, 3.8) is 0 Å². The fraction of sp³-hybridized carbons (Fsp3) is 0.231. The Morgan fingerprint density at radius 3 is 3.05 bits per heavy atom. The van der Waals surface area contributed by atoms with Gasteiger partial charge in [-0.3, -0.25) is 4.79 Å². The molecule has 6 heteroatoms. The van der Waals surface area contributed by atoms with Gasteiger partial charge in [-0.25, -0.2) is 4.98 Å². The normalized spacial score (nSPS) is 10.2. The first-order valence-corrected chi connectivity index (χ1v) is 7.41. The standard InChI is InChI=1S/C13H13BrN2O2S/c1-9-8-19-13(15-9)16-12(17)5-6-18-11-4-2-3-10(14)7-11/h2-4,7-8H,5-6H2,1H3,(H,15,16,17). The van der Waals surface area contributed by atoms with Crippen LogP contribution in [0.5, 0.6) is 5.75 Å². The number of thiazole rings is 1. The van der Waals surface area contributed by atoms with Crippen LogP contribution in [0.2, 0.25) is 0 Å². The number of nitrogens with one attached hydrogen (secondary N) is 1. The lowest BCUT2D eigenvalue weighted by Gasteiger charge is -2.06. The van der Waals surface area contributed by atoms with Gasteiger partial charge in [-0.1, -0.05) is 22.0 Å². The molecule has 0 atom stereocenters. The first-order valence-electron chi connectivity index (χ1n) is 5.74. The molecule has 0 unspecified atom stereocenters. The lowest BCUT2D eigenvalue weighted by atomic mass is 10.3. The lowest BCUT2D eigenvalue weighted by molar-refractivity contribution is -0.116. The number of hydrogen-bond donors (Lipinski definition) is 1. The number of hydrogen-bond acceptors (Lipinski definition) is 4. The van der Waals surface area contributed by atoms with Crippen LogP contribution in [0, 0.1) is 6.92 Å². The maximum atomic E-state index is 11.6. The largest absolute Gasteiger partial charge is 0.493 e. The van der Waals surface area contributed by atoms with Gasteiger partial charge in [0.25, 0.3) is 0 Å². The van der Waals surface area contributed by atoms with Gasteiger partial charge in [-0.05, 0) is 25.1 Å². The van der Waals surface area contributed by atoms with Crippen molar-refractivity contribution < 1.29 is 9.53 Å². The van der Waals surface area contributed by atoms with E-state index in [0.717, 1.165) is 15.9 Å². The topological polar surface area (TPSA) is 51.2 Å². The lowest BCUT2D eigenvalue weighted by Crippen LogP contribution is -2.15. The van der Waals surface area contributed by atoms with E-state index >= 15 is 0 Å². The number of aryl methyl sites for hydroxylation is 1. The monoisotopic (exact) mass is 340 g/mol. The van der Waals surface area contributed by atoms with Gasteiger partial charge in [0.05, 0.1) is 18.7 Å². The molecule has 0 bridgehead atoms. The van der Waals surface area contributed by atoms with Gasteiger partial charge >= 0.3 is 0 Å². The van der Waals surface area contributed by atoms with E-state index in [0.29, 0.717) is 18.2 Å². The summed E-state index contributed by atoms with van der Waals surface area (Å²) in [5.41, 5.74) is 0.908. The quantitative estimate of drug-likeness (QED) is 0.904. The molecule has 1 amide bonds. The molecule has 0 aliphatic rings. The third kappa shape index (κ3) is 4.65. The van der Waals surface area contributed by atoms with Crippen molar-refractivity contribution in [1.29, 1.82) is 0 Å². The number of ether oxygens (including phenoxy) is 1. The van der Waals surface area contributed by atoms with Crippen molar-refractivity contribution in [2.75, 3.05) is 11.9 Å². The summed E-state index contributed by atoms with van der Waals surface area (Å²) in [6.45, 7) is 2.23. The molecule has 19 heavy (non-hydrogen) atoms. The molecule has 2 aromatic rings. The highest BCUT2D eigenvalue weighted by molar-refractivity contribution is 9.10. The second-order valence-electron chi connectivity index (χ2n) is 3.90. The molecule has 0 fully saturated rings. The van der Waals surface area contributed by atoms with E-state index in [1.807, 2.05) is 36.6 Å². The summed E-state index contributed by atoms with van der Waals surface area (Å²) >= 11 is 4.78. The zero-order valence-corrected chi connectivity index (χ0v) is 12.8. The van der Waals surface area contributed by atoms with E-state index in [4.69, 9.17) is 4.74 Å². The van der Waals surface area contributed by atoms with E-state index in [-0.39, 0.29) is 5.91 Å². The van der Waals surface area contributed by atoms with Crippen LogP contribution in [0.3, 0.4) is 0 Å². The van der Waals surface area contributed by atoms with E-state index in [9.17, 15) is 4.79 Å².